The van der Waals surface area contributed by atoms with Gasteiger partial charge in [-0.25, -0.2) is 9.38 Å². The minimum atomic E-state index is -0.696. The van der Waals surface area contributed by atoms with Crippen molar-refractivity contribution >= 4 is 23.0 Å². The molecule has 5 N–H and O–H groups in total. The third-order valence-electron chi connectivity index (χ3n) is 5.74. The van der Waals surface area contributed by atoms with Crippen LogP contribution < -0.4 is 16.5 Å². The highest BCUT2D eigenvalue weighted by atomic mass is 19.1. The van der Waals surface area contributed by atoms with Crippen molar-refractivity contribution in [1.82, 2.24) is 5.32 Å². The normalized spacial score (nSPS) is 12.8. The second-order valence-electron chi connectivity index (χ2n) is 8.22. The molecular formula is C29H25FN4O3. The van der Waals surface area contributed by atoms with Gasteiger partial charge in [0.15, 0.2) is 0 Å². The Balaban J connectivity index is 1.85. The zero-order valence-corrected chi connectivity index (χ0v) is 20.0. The number of allylic oxidation sites excluding steroid dienone is 2. The first-order valence-corrected chi connectivity index (χ1v) is 11.4. The molecule has 0 saturated heterocycles. The third kappa shape index (κ3) is 5.18. The maximum absolute atomic E-state index is 13.9. The van der Waals surface area contributed by atoms with Crippen LogP contribution in [0, 0.1) is 11.2 Å². The Hall–Kier alpha value is -4.98. The van der Waals surface area contributed by atoms with Crippen molar-refractivity contribution in [2.45, 2.75) is 13.0 Å². The van der Waals surface area contributed by atoms with Gasteiger partial charge in [0.2, 0.25) is 5.43 Å². The smallest absolute Gasteiger partial charge is 0.200 e. The van der Waals surface area contributed by atoms with Gasteiger partial charge < -0.3 is 20.6 Å². The first-order chi connectivity index (χ1) is 17.8. The molecule has 1 atom stereocenters. The SMILES string of the molecule is C=C/C(C(=N)c1cc(O)cc(F)c1)=C(\N=C/N)NC(C)c1oc2ccccc2c(=O)c1-c1ccccc1. The lowest BCUT2D eigenvalue weighted by Gasteiger charge is -2.20. The minimum Gasteiger partial charge on any atom is -0.508 e. The number of phenolic OH excluding ortho intramolecular Hbond substituents is 1. The Morgan fingerprint density at radius 1 is 1.16 bits per heavy atom. The van der Waals surface area contributed by atoms with Gasteiger partial charge in [-0.3, -0.25) is 10.2 Å². The molecule has 0 bridgehead atoms. The molecule has 0 aliphatic carbocycles. The van der Waals surface area contributed by atoms with Gasteiger partial charge in [0.1, 0.15) is 28.7 Å². The standard InChI is InChI=1S/C29H25FN4O3/c1-3-22(26(32)19-13-20(30)15-21(35)14-19)29(33-16-31)34-17(2)28-25(18-9-5-4-6-10-18)27(36)23-11-7-8-12-24(23)37-28/h3-17,32,34-35H,1H2,2H3,(H2,31,33)/b29-22-,32-26?. The summed E-state index contributed by atoms with van der Waals surface area (Å²) in [6.45, 7) is 5.55. The number of nitrogens with one attached hydrogen (secondary N) is 2. The Morgan fingerprint density at radius 2 is 1.86 bits per heavy atom. The summed E-state index contributed by atoms with van der Waals surface area (Å²) in [6.07, 6.45) is 2.42. The molecule has 1 heterocycles. The predicted octanol–water partition coefficient (Wildman–Crippen LogP) is 5.41. The molecule has 7 nitrogen and oxygen atoms in total. The number of rotatable bonds is 8. The van der Waals surface area contributed by atoms with E-state index in [4.69, 9.17) is 15.6 Å². The van der Waals surface area contributed by atoms with Crippen LogP contribution >= 0.6 is 0 Å². The number of aliphatic imine (C=N–C) groups is 1. The van der Waals surface area contributed by atoms with E-state index in [1.54, 1.807) is 31.2 Å². The van der Waals surface area contributed by atoms with Gasteiger partial charge >= 0.3 is 0 Å². The summed E-state index contributed by atoms with van der Waals surface area (Å²) in [4.78, 5) is 17.7. The molecule has 0 aliphatic heterocycles. The molecule has 186 valence electrons. The van der Waals surface area contributed by atoms with Crippen LogP contribution in [0.3, 0.4) is 0 Å². The van der Waals surface area contributed by atoms with Crippen LogP contribution in [-0.4, -0.2) is 17.2 Å². The van der Waals surface area contributed by atoms with Gasteiger partial charge in [0.05, 0.1) is 29.0 Å². The molecule has 8 heteroatoms. The zero-order valence-electron chi connectivity index (χ0n) is 20.0. The molecule has 37 heavy (non-hydrogen) atoms. The summed E-state index contributed by atoms with van der Waals surface area (Å²) >= 11 is 0. The number of nitrogens with two attached hydrogens (primary N) is 1. The molecule has 0 spiro atoms. The number of hydrogen-bond donors (Lipinski definition) is 4. The van der Waals surface area contributed by atoms with E-state index >= 15 is 0 Å². The van der Waals surface area contributed by atoms with Crippen molar-refractivity contribution in [3.05, 3.63) is 124 Å². The number of nitrogens with zero attached hydrogens (tertiary/aromatic N) is 1. The van der Waals surface area contributed by atoms with Gasteiger partial charge in [0, 0.05) is 17.2 Å². The molecule has 1 aromatic heterocycles. The van der Waals surface area contributed by atoms with Crippen LogP contribution in [0.1, 0.15) is 24.3 Å². The fourth-order valence-electron chi connectivity index (χ4n) is 4.06. The highest BCUT2D eigenvalue weighted by molar-refractivity contribution is 6.13. The van der Waals surface area contributed by atoms with Crippen molar-refractivity contribution in [2.24, 2.45) is 10.7 Å². The van der Waals surface area contributed by atoms with Crippen LogP contribution in [0.5, 0.6) is 5.75 Å². The van der Waals surface area contributed by atoms with E-state index in [0.29, 0.717) is 27.9 Å². The maximum atomic E-state index is 13.9. The van der Waals surface area contributed by atoms with E-state index < -0.39 is 11.9 Å². The lowest BCUT2D eigenvalue weighted by molar-refractivity contribution is 0.467. The summed E-state index contributed by atoms with van der Waals surface area (Å²) < 4.78 is 20.1. The highest BCUT2D eigenvalue weighted by Crippen LogP contribution is 2.30. The molecule has 3 aromatic carbocycles. The Kier molecular flexibility index (Phi) is 7.29. The summed E-state index contributed by atoms with van der Waals surface area (Å²) in [5, 5.41) is 22.0. The highest BCUT2D eigenvalue weighted by Gasteiger charge is 2.23. The first kappa shape index (κ1) is 25.1. The Bertz CT molecular complexity index is 1590. The molecule has 0 amide bonds. The average molecular weight is 497 g/mol. The Labute approximate surface area is 212 Å². The molecule has 1 unspecified atom stereocenters. The lowest BCUT2D eigenvalue weighted by atomic mass is 9.98. The van der Waals surface area contributed by atoms with Gasteiger partial charge in [0.25, 0.3) is 0 Å². The van der Waals surface area contributed by atoms with Crippen LogP contribution in [-0.2, 0) is 0 Å². The van der Waals surface area contributed by atoms with Crippen molar-refractivity contribution in [3.8, 4) is 16.9 Å². The number of fused-ring (bicyclic) bond motifs is 1. The molecular weight excluding hydrogens is 471 g/mol. The fourth-order valence-corrected chi connectivity index (χ4v) is 4.06. The van der Waals surface area contributed by atoms with Crippen LogP contribution in [0.4, 0.5) is 4.39 Å². The number of aromatic hydroxyl groups is 1. The quantitative estimate of drug-likeness (QED) is 0.148. The van der Waals surface area contributed by atoms with Crippen LogP contribution in [0.25, 0.3) is 22.1 Å². The number of para-hydroxylation sites is 1. The van der Waals surface area contributed by atoms with E-state index in [9.17, 15) is 14.3 Å². The van der Waals surface area contributed by atoms with Crippen molar-refractivity contribution in [2.75, 3.05) is 0 Å². The fraction of sp³-hybridized carbons (Fsp3) is 0.0690. The average Bonchev–Trinajstić information content (AvgIpc) is 2.89. The van der Waals surface area contributed by atoms with E-state index in [1.165, 1.54) is 12.1 Å². The summed E-state index contributed by atoms with van der Waals surface area (Å²) in [5.41, 5.74) is 7.09. The largest absolute Gasteiger partial charge is 0.508 e. The molecule has 0 fully saturated rings. The molecule has 4 rings (SSSR count). The topological polar surface area (TPSA) is 125 Å². The molecule has 0 saturated carbocycles. The van der Waals surface area contributed by atoms with Gasteiger partial charge in [-0.15, -0.1) is 0 Å². The molecule has 0 radical (unpaired) electrons. The second-order valence-corrected chi connectivity index (χ2v) is 8.22. The van der Waals surface area contributed by atoms with Crippen LogP contribution in [0.2, 0.25) is 0 Å². The summed E-state index contributed by atoms with van der Waals surface area (Å²) in [7, 11) is 0. The monoisotopic (exact) mass is 496 g/mol. The predicted molar refractivity (Wildman–Crippen MR) is 144 cm³/mol. The van der Waals surface area contributed by atoms with Crippen LogP contribution in [0.15, 0.2) is 111 Å². The minimum absolute atomic E-state index is 0.119. The molecule has 4 aromatic rings. The first-order valence-electron chi connectivity index (χ1n) is 11.4. The van der Waals surface area contributed by atoms with Crippen molar-refractivity contribution < 1.29 is 13.9 Å². The maximum Gasteiger partial charge on any atom is 0.200 e. The Morgan fingerprint density at radius 3 is 2.54 bits per heavy atom. The number of phenols is 1. The lowest BCUT2D eigenvalue weighted by Crippen LogP contribution is -2.23. The van der Waals surface area contributed by atoms with E-state index in [-0.39, 0.29) is 33.8 Å². The summed E-state index contributed by atoms with van der Waals surface area (Å²) in [6, 6.07) is 18.9. The van der Waals surface area contributed by atoms with E-state index in [0.717, 1.165) is 18.5 Å². The van der Waals surface area contributed by atoms with Gasteiger partial charge in [-0.2, -0.15) is 0 Å². The number of benzene rings is 3. The molecule has 0 aliphatic rings. The summed E-state index contributed by atoms with van der Waals surface area (Å²) in [5.74, 6) is -0.510. The van der Waals surface area contributed by atoms with Gasteiger partial charge in [-0.05, 0) is 36.8 Å². The van der Waals surface area contributed by atoms with E-state index in [2.05, 4.69) is 16.9 Å². The van der Waals surface area contributed by atoms with E-state index in [1.807, 2.05) is 30.3 Å². The third-order valence-corrected chi connectivity index (χ3v) is 5.74. The zero-order chi connectivity index (χ0) is 26.5. The number of halogens is 1. The second kappa shape index (κ2) is 10.7. The van der Waals surface area contributed by atoms with Crippen molar-refractivity contribution in [3.63, 3.8) is 0 Å². The van der Waals surface area contributed by atoms with Crippen molar-refractivity contribution in [1.29, 1.82) is 5.41 Å². The number of hydrogen-bond acceptors (Lipinski definition) is 6. The van der Waals surface area contributed by atoms with Gasteiger partial charge in [-0.1, -0.05) is 55.1 Å².